The Morgan fingerprint density at radius 1 is 1.17 bits per heavy atom. The zero-order valence-corrected chi connectivity index (χ0v) is 8.55. The molecule has 0 heterocycles. The second-order valence-electron chi connectivity index (χ2n) is 3.53. The normalized spacial score (nSPS) is 13.9. The predicted molar refractivity (Wildman–Crippen MR) is 56.2 cm³/mol. The fourth-order valence-corrected chi connectivity index (χ4v) is 1.12. The van der Waals surface area contributed by atoms with E-state index in [0.717, 1.165) is 6.42 Å². The van der Waals surface area contributed by atoms with Gasteiger partial charge >= 0.3 is 0 Å². The Morgan fingerprint density at radius 3 is 2.50 bits per heavy atom. The molecule has 0 fully saturated rings. The molecule has 0 saturated carbocycles. The maximum atomic E-state index is 5.60. The van der Waals surface area contributed by atoms with Gasteiger partial charge in [-0.15, -0.1) is 0 Å². The minimum atomic E-state index is 0.317. The first-order valence-corrected chi connectivity index (χ1v) is 5.18. The third kappa shape index (κ3) is 9.70. The van der Waals surface area contributed by atoms with E-state index in [9.17, 15) is 0 Å². The van der Waals surface area contributed by atoms with Crippen LogP contribution in [0.5, 0.6) is 0 Å². The molecule has 1 heteroatoms. The van der Waals surface area contributed by atoms with Crippen molar-refractivity contribution in [3.8, 4) is 0 Å². The molecule has 0 amide bonds. The van der Waals surface area contributed by atoms with Gasteiger partial charge in [0.25, 0.3) is 0 Å². The summed E-state index contributed by atoms with van der Waals surface area (Å²) in [6.07, 6.45) is 12.1. The Morgan fingerprint density at radius 2 is 1.92 bits per heavy atom. The highest BCUT2D eigenvalue weighted by molar-refractivity contribution is 4.83. The van der Waals surface area contributed by atoms with Crippen molar-refractivity contribution >= 4 is 0 Å². The monoisotopic (exact) mass is 169 g/mol. The summed E-state index contributed by atoms with van der Waals surface area (Å²) in [4.78, 5) is 0. The summed E-state index contributed by atoms with van der Waals surface area (Å²) in [5.74, 6) is 0. The molecule has 0 aromatic rings. The van der Waals surface area contributed by atoms with Gasteiger partial charge < -0.3 is 5.73 Å². The van der Waals surface area contributed by atoms with Crippen LogP contribution >= 0.6 is 0 Å². The standard InChI is InChI=1S/C11H23N/c1-3-4-5-6-7-8-9-10-11(2)12/h8-9,11H,3-7,10,12H2,1-2H3/b9-8+. The molecular formula is C11H23N. The van der Waals surface area contributed by atoms with Gasteiger partial charge in [-0.2, -0.15) is 0 Å². The second-order valence-corrected chi connectivity index (χ2v) is 3.53. The number of unbranched alkanes of at least 4 members (excludes halogenated alkanes) is 4. The molecule has 1 unspecified atom stereocenters. The number of rotatable bonds is 7. The highest BCUT2D eigenvalue weighted by atomic mass is 14.6. The van der Waals surface area contributed by atoms with Gasteiger partial charge in [0.2, 0.25) is 0 Å². The Kier molecular flexibility index (Phi) is 8.57. The zero-order valence-electron chi connectivity index (χ0n) is 8.55. The molecule has 1 nitrogen and oxygen atoms in total. The summed E-state index contributed by atoms with van der Waals surface area (Å²) in [6.45, 7) is 4.29. The van der Waals surface area contributed by atoms with Crippen LogP contribution in [0.1, 0.15) is 52.4 Å². The van der Waals surface area contributed by atoms with Gasteiger partial charge in [0.1, 0.15) is 0 Å². The molecule has 0 rings (SSSR count). The Bertz CT molecular complexity index is 106. The number of allylic oxidation sites excluding steroid dienone is 1. The smallest absolute Gasteiger partial charge is 0.00449 e. The van der Waals surface area contributed by atoms with Gasteiger partial charge in [0.05, 0.1) is 0 Å². The van der Waals surface area contributed by atoms with E-state index in [1.807, 2.05) is 6.92 Å². The van der Waals surface area contributed by atoms with Crippen molar-refractivity contribution in [2.75, 3.05) is 0 Å². The average Bonchev–Trinajstić information content (AvgIpc) is 2.02. The fourth-order valence-electron chi connectivity index (χ4n) is 1.12. The lowest BCUT2D eigenvalue weighted by Gasteiger charge is -1.97. The van der Waals surface area contributed by atoms with Crippen LogP contribution in [0.15, 0.2) is 12.2 Å². The lowest BCUT2D eigenvalue weighted by atomic mass is 10.1. The van der Waals surface area contributed by atoms with Crippen LogP contribution in [0.25, 0.3) is 0 Å². The highest BCUT2D eigenvalue weighted by Gasteiger charge is 1.87. The van der Waals surface area contributed by atoms with E-state index in [0.29, 0.717) is 6.04 Å². The lowest BCUT2D eigenvalue weighted by Crippen LogP contribution is -2.12. The quantitative estimate of drug-likeness (QED) is 0.459. The minimum Gasteiger partial charge on any atom is -0.328 e. The van der Waals surface area contributed by atoms with Crippen LogP contribution in [0, 0.1) is 0 Å². The van der Waals surface area contributed by atoms with Crippen LogP contribution in [0.2, 0.25) is 0 Å². The van der Waals surface area contributed by atoms with E-state index in [1.54, 1.807) is 0 Å². The molecule has 0 radical (unpaired) electrons. The summed E-state index contributed by atoms with van der Waals surface area (Å²) in [5, 5.41) is 0. The summed E-state index contributed by atoms with van der Waals surface area (Å²) < 4.78 is 0. The van der Waals surface area contributed by atoms with Crippen LogP contribution in [0.4, 0.5) is 0 Å². The Labute approximate surface area is 77.0 Å². The fraction of sp³-hybridized carbons (Fsp3) is 0.818. The Balaban J connectivity index is 3.03. The second kappa shape index (κ2) is 8.79. The first-order valence-electron chi connectivity index (χ1n) is 5.18. The van der Waals surface area contributed by atoms with E-state index >= 15 is 0 Å². The maximum Gasteiger partial charge on any atom is 0.00449 e. The summed E-state index contributed by atoms with van der Waals surface area (Å²) in [7, 11) is 0. The molecular weight excluding hydrogens is 146 g/mol. The number of hydrogen-bond donors (Lipinski definition) is 1. The molecule has 72 valence electrons. The van der Waals surface area contributed by atoms with Gasteiger partial charge in [-0.1, -0.05) is 38.3 Å². The molecule has 0 aliphatic carbocycles. The molecule has 2 N–H and O–H groups in total. The zero-order chi connectivity index (χ0) is 9.23. The first-order chi connectivity index (χ1) is 5.77. The number of nitrogens with two attached hydrogens (primary N) is 1. The van der Waals surface area contributed by atoms with Crippen molar-refractivity contribution in [2.45, 2.75) is 58.4 Å². The number of hydrogen-bond acceptors (Lipinski definition) is 1. The summed E-state index contributed by atoms with van der Waals surface area (Å²) >= 11 is 0. The van der Waals surface area contributed by atoms with Gasteiger partial charge in [-0.25, -0.2) is 0 Å². The van der Waals surface area contributed by atoms with Gasteiger partial charge in [0, 0.05) is 6.04 Å². The van der Waals surface area contributed by atoms with Crippen LogP contribution in [-0.2, 0) is 0 Å². The van der Waals surface area contributed by atoms with Crippen molar-refractivity contribution in [2.24, 2.45) is 5.73 Å². The summed E-state index contributed by atoms with van der Waals surface area (Å²) in [6, 6.07) is 0.317. The van der Waals surface area contributed by atoms with Crippen molar-refractivity contribution in [1.82, 2.24) is 0 Å². The van der Waals surface area contributed by atoms with E-state index < -0.39 is 0 Å². The van der Waals surface area contributed by atoms with Gasteiger partial charge in [-0.05, 0) is 26.2 Å². The molecule has 0 bridgehead atoms. The van der Waals surface area contributed by atoms with Crippen LogP contribution in [-0.4, -0.2) is 6.04 Å². The average molecular weight is 169 g/mol. The Hall–Kier alpha value is -0.300. The molecule has 0 aromatic heterocycles. The van der Waals surface area contributed by atoms with Crippen LogP contribution in [0.3, 0.4) is 0 Å². The first kappa shape index (κ1) is 11.7. The molecule has 0 aromatic carbocycles. The van der Waals surface area contributed by atoms with E-state index in [2.05, 4.69) is 19.1 Å². The van der Waals surface area contributed by atoms with Gasteiger partial charge in [0.15, 0.2) is 0 Å². The van der Waals surface area contributed by atoms with E-state index in [-0.39, 0.29) is 0 Å². The molecule has 0 aliphatic rings. The molecule has 12 heavy (non-hydrogen) atoms. The largest absolute Gasteiger partial charge is 0.328 e. The van der Waals surface area contributed by atoms with Crippen molar-refractivity contribution in [1.29, 1.82) is 0 Å². The molecule has 1 atom stereocenters. The van der Waals surface area contributed by atoms with E-state index in [4.69, 9.17) is 5.73 Å². The van der Waals surface area contributed by atoms with E-state index in [1.165, 1.54) is 32.1 Å². The topological polar surface area (TPSA) is 26.0 Å². The molecule has 0 saturated heterocycles. The lowest BCUT2D eigenvalue weighted by molar-refractivity contribution is 0.672. The van der Waals surface area contributed by atoms with Gasteiger partial charge in [-0.3, -0.25) is 0 Å². The van der Waals surface area contributed by atoms with Crippen molar-refractivity contribution in [3.63, 3.8) is 0 Å². The minimum absolute atomic E-state index is 0.317. The SMILES string of the molecule is CCCCCC/C=C/CC(C)N. The van der Waals surface area contributed by atoms with Crippen LogP contribution < -0.4 is 5.73 Å². The molecule has 0 spiro atoms. The van der Waals surface area contributed by atoms with Crippen molar-refractivity contribution < 1.29 is 0 Å². The van der Waals surface area contributed by atoms with Crippen molar-refractivity contribution in [3.05, 3.63) is 12.2 Å². The third-order valence-corrected chi connectivity index (χ3v) is 1.90. The maximum absolute atomic E-state index is 5.60. The molecule has 0 aliphatic heterocycles. The predicted octanol–water partition coefficient (Wildman–Crippen LogP) is 3.25. The third-order valence-electron chi connectivity index (χ3n) is 1.90. The highest BCUT2D eigenvalue weighted by Crippen LogP contribution is 2.03. The summed E-state index contributed by atoms with van der Waals surface area (Å²) in [5.41, 5.74) is 5.60.